The Kier molecular flexibility index (Phi) is 4.49. The summed E-state index contributed by atoms with van der Waals surface area (Å²) in [5, 5.41) is 0.632. The lowest BCUT2D eigenvalue weighted by Crippen LogP contribution is -2.11. The van der Waals surface area contributed by atoms with Gasteiger partial charge in [0.15, 0.2) is 5.78 Å². The Balaban J connectivity index is 1.88. The molecule has 118 valence electrons. The number of ether oxygens (including phenoxy) is 1. The summed E-state index contributed by atoms with van der Waals surface area (Å²) in [7, 11) is 0. The molecule has 1 fully saturated rings. The fourth-order valence-corrected chi connectivity index (χ4v) is 3.19. The maximum Gasteiger partial charge on any atom is 0.310 e. The van der Waals surface area contributed by atoms with Crippen LogP contribution in [0, 0.1) is 11.8 Å². The highest BCUT2D eigenvalue weighted by Gasteiger charge is 2.60. The van der Waals surface area contributed by atoms with Gasteiger partial charge in [-0.2, -0.15) is 0 Å². The van der Waals surface area contributed by atoms with Crippen LogP contribution in [0.1, 0.15) is 28.8 Å². The molecule has 3 atom stereocenters. The summed E-state index contributed by atoms with van der Waals surface area (Å²) in [6.45, 7) is 2.08. The zero-order valence-corrected chi connectivity index (χ0v) is 13.5. The monoisotopic (exact) mass is 328 g/mol. The molecule has 0 spiro atoms. The number of halogens is 1. The van der Waals surface area contributed by atoms with Crippen molar-refractivity contribution in [1.82, 2.24) is 0 Å². The van der Waals surface area contributed by atoms with Crippen molar-refractivity contribution in [3.05, 3.63) is 70.7 Å². The first-order valence-corrected chi connectivity index (χ1v) is 8.02. The Hall–Kier alpha value is -2.13. The van der Waals surface area contributed by atoms with E-state index >= 15 is 0 Å². The normalized spacial score (nSPS) is 22.4. The van der Waals surface area contributed by atoms with Crippen molar-refractivity contribution in [1.29, 1.82) is 0 Å². The minimum Gasteiger partial charge on any atom is -0.466 e. The van der Waals surface area contributed by atoms with Crippen molar-refractivity contribution in [2.45, 2.75) is 12.8 Å². The van der Waals surface area contributed by atoms with E-state index < -0.39 is 5.92 Å². The Morgan fingerprint density at radius 1 is 1.00 bits per heavy atom. The second-order valence-corrected chi connectivity index (χ2v) is 6.05. The summed E-state index contributed by atoms with van der Waals surface area (Å²) in [4.78, 5) is 24.9. The first-order valence-electron chi connectivity index (χ1n) is 7.65. The van der Waals surface area contributed by atoms with Crippen LogP contribution in [0.2, 0.25) is 5.02 Å². The minimum atomic E-state index is -0.413. The van der Waals surface area contributed by atoms with Crippen LogP contribution >= 0.6 is 11.6 Å². The van der Waals surface area contributed by atoms with Gasteiger partial charge in [-0.05, 0) is 24.6 Å². The standard InChI is InChI=1S/C19H17ClO3/c1-2-23-19(22)17-15(12-8-10-14(20)11-9-12)16(17)18(21)13-6-4-3-5-7-13/h3-11,15-17H,2H2,1H3. The Morgan fingerprint density at radius 2 is 1.65 bits per heavy atom. The highest BCUT2D eigenvalue weighted by molar-refractivity contribution is 6.30. The molecule has 0 saturated heterocycles. The summed E-state index contributed by atoms with van der Waals surface area (Å²) in [6.07, 6.45) is 0. The van der Waals surface area contributed by atoms with Crippen molar-refractivity contribution in [3.8, 4) is 0 Å². The van der Waals surface area contributed by atoms with Crippen LogP contribution in [0.4, 0.5) is 0 Å². The van der Waals surface area contributed by atoms with E-state index in [1.807, 2.05) is 30.3 Å². The first-order chi connectivity index (χ1) is 11.1. The number of carbonyl (C=O) groups excluding carboxylic acids is 2. The van der Waals surface area contributed by atoms with Gasteiger partial charge in [0.2, 0.25) is 0 Å². The van der Waals surface area contributed by atoms with Crippen molar-refractivity contribution in [2.75, 3.05) is 6.61 Å². The molecule has 0 aromatic heterocycles. The number of hydrogen-bond donors (Lipinski definition) is 0. The maximum atomic E-state index is 12.7. The van der Waals surface area contributed by atoms with Gasteiger partial charge in [-0.25, -0.2) is 0 Å². The van der Waals surface area contributed by atoms with Gasteiger partial charge in [-0.3, -0.25) is 9.59 Å². The SMILES string of the molecule is CCOC(=O)C1C(C(=O)c2ccccc2)C1c1ccc(Cl)cc1. The molecular weight excluding hydrogens is 312 g/mol. The average Bonchev–Trinajstić information content (AvgIpc) is 3.31. The highest BCUT2D eigenvalue weighted by Crippen LogP contribution is 2.56. The molecule has 1 aliphatic carbocycles. The number of hydrogen-bond acceptors (Lipinski definition) is 3. The lowest BCUT2D eigenvalue weighted by Gasteiger charge is -2.01. The van der Waals surface area contributed by atoms with Crippen LogP contribution in [0.25, 0.3) is 0 Å². The van der Waals surface area contributed by atoms with Crippen molar-refractivity contribution in [3.63, 3.8) is 0 Å². The van der Waals surface area contributed by atoms with E-state index in [1.165, 1.54) is 0 Å². The highest BCUT2D eigenvalue weighted by atomic mass is 35.5. The smallest absolute Gasteiger partial charge is 0.310 e. The predicted octanol–water partition coefficient (Wildman–Crippen LogP) is 4.12. The molecular formula is C19H17ClO3. The van der Waals surface area contributed by atoms with Gasteiger partial charge in [0.1, 0.15) is 0 Å². The van der Waals surface area contributed by atoms with E-state index in [4.69, 9.17) is 16.3 Å². The lowest BCUT2D eigenvalue weighted by atomic mass is 10.0. The van der Waals surface area contributed by atoms with Gasteiger partial charge in [0, 0.05) is 22.4 Å². The van der Waals surface area contributed by atoms with Gasteiger partial charge in [-0.15, -0.1) is 0 Å². The zero-order chi connectivity index (χ0) is 16.4. The van der Waals surface area contributed by atoms with E-state index in [1.54, 1.807) is 31.2 Å². The maximum absolute atomic E-state index is 12.7. The number of benzene rings is 2. The predicted molar refractivity (Wildman–Crippen MR) is 88.6 cm³/mol. The Labute approximate surface area is 140 Å². The second kappa shape index (κ2) is 6.55. The molecule has 0 amide bonds. The third kappa shape index (κ3) is 3.15. The van der Waals surface area contributed by atoms with Gasteiger partial charge in [0.05, 0.1) is 12.5 Å². The Morgan fingerprint density at radius 3 is 2.26 bits per heavy atom. The van der Waals surface area contributed by atoms with E-state index in [0.717, 1.165) is 5.56 Å². The van der Waals surface area contributed by atoms with Gasteiger partial charge in [-0.1, -0.05) is 54.1 Å². The second-order valence-electron chi connectivity index (χ2n) is 5.61. The van der Waals surface area contributed by atoms with Crippen molar-refractivity contribution < 1.29 is 14.3 Å². The van der Waals surface area contributed by atoms with E-state index in [9.17, 15) is 9.59 Å². The fraction of sp³-hybridized carbons (Fsp3) is 0.263. The number of Topliss-reactive ketones (excluding diaryl/α,β-unsaturated/α-hetero) is 1. The van der Waals surface area contributed by atoms with Crippen LogP contribution in [0.15, 0.2) is 54.6 Å². The van der Waals surface area contributed by atoms with Gasteiger partial charge < -0.3 is 4.74 Å². The van der Waals surface area contributed by atoms with Crippen LogP contribution in [0.5, 0.6) is 0 Å². The largest absolute Gasteiger partial charge is 0.466 e. The summed E-state index contributed by atoms with van der Waals surface area (Å²) >= 11 is 5.92. The zero-order valence-electron chi connectivity index (χ0n) is 12.7. The number of carbonyl (C=O) groups is 2. The molecule has 3 rings (SSSR count). The van der Waals surface area contributed by atoms with Gasteiger partial charge in [0.25, 0.3) is 0 Å². The molecule has 2 aromatic carbocycles. The summed E-state index contributed by atoms with van der Waals surface area (Å²) in [6, 6.07) is 16.4. The quantitative estimate of drug-likeness (QED) is 0.612. The molecule has 0 bridgehead atoms. The molecule has 1 saturated carbocycles. The minimum absolute atomic E-state index is 0.0106. The molecule has 0 N–H and O–H groups in total. The fourth-order valence-electron chi connectivity index (χ4n) is 3.06. The third-order valence-electron chi connectivity index (χ3n) is 4.19. The molecule has 0 radical (unpaired) electrons. The van der Waals surface area contributed by atoms with Gasteiger partial charge >= 0.3 is 5.97 Å². The Bertz CT molecular complexity index is 709. The molecule has 23 heavy (non-hydrogen) atoms. The molecule has 2 aromatic rings. The van der Waals surface area contributed by atoms with Crippen LogP contribution in [-0.2, 0) is 9.53 Å². The van der Waals surface area contributed by atoms with Crippen molar-refractivity contribution >= 4 is 23.4 Å². The molecule has 3 nitrogen and oxygen atoms in total. The van der Waals surface area contributed by atoms with Crippen LogP contribution in [-0.4, -0.2) is 18.4 Å². The van der Waals surface area contributed by atoms with Crippen LogP contribution in [0.3, 0.4) is 0 Å². The number of ketones is 1. The molecule has 3 unspecified atom stereocenters. The molecule has 4 heteroatoms. The third-order valence-corrected chi connectivity index (χ3v) is 4.45. The van der Waals surface area contributed by atoms with E-state index in [2.05, 4.69) is 0 Å². The average molecular weight is 329 g/mol. The molecule has 1 aliphatic rings. The topological polar surface area (TPSA) is 43.4 Å². The van der Waals surface area contributed by atoms with E-state index in [-0.39, 0.29) is 23.6 Å². The first kappa shape index (κ1) is 15.8. The number of rotatable bonds is 5. The number of esters is 1. The molecule has 0 aliphatic heterocycles. The summed E-state index contributed by atoms with van der Waals surface area (Å²) in [5.74, 6) is -1.23. The van der Waals surface area contributed by atoms with Crippen LogP contribution < -0.4 is 0 Å². The van der Waals surface area contributed by atoms with E-state index in [0.29, 0.717) is 17.2 Å². The summed E-state index contributed by atoms with van der Waals surface area (Å²) in [5.41, 5.74) is 1.57. The lowest BCUT2D eigenvalue weighted by molar-refractivity contribution is -0.145. The molecule has 0 heterocycles. The summed E-state index contributed by atoms with van der Waals surface area (Å²) < 4.78 is 5.14. The van der Waals surface area contributed by atoms with Crippen molar-refractivity contribution in [2.24, 2.45) is 11.8 Å².